The second-order valence-electron chi connectivity index (χ2n) is 10.8. The molecule has 0 aliphatic carbocycles. The Morgan fingerprint density at radius 2 is 1.66 bits per heavy atom. The van der Waals surface area contributed by atoms with Gasteiger partial charge in [-0.25, -0.2) is 13.6 Å². The summed E-state index contributed by atoms with van der Waals surface area (Å²) in [7, 11) is 3.13. The molecule has 2 heterocycles. The Labute approximate surface area is 254 Å². The monoisotopic (exact) mass is 607 g/mol. The lowest BCUT2D eigenvalue weighted by Gasteiger charge is -2.43. The molecule has 2 aliphatic heterocycles. The van der Waals surface area contributed by atoms with E-state index in [9.17, 15) is 23.2 Å². The first-order valence-corrected chi connectivity index (χ1v) is 14.3. The topological polar surface area (TPSA) is 103 Å². The Morgan fingerprint density at radius 3 is 2.34 bits per heavy atom. The van der Waals surface area contributed by atoms with E-state index in [1.165, 1.54) is 11.0 Å². The molecule has 0 bridgehead atoms. The standard InChI is InChI=1S/C32H35F2N5O5/c1-43-27-11-8-22(18-28(27)44-2)12-15-35-29(40)20-38-21-39(24-6-4-3-5-7-24)32(30(38)41)13-16-37(17-14-32)31(42)36-26-10-9-23(33)19-25(26)34/h3-11,18-19H,12-17,20-21H2,1-2H3,(H,35,40)(H,36,42). The van der Waals surface area contributed by atoms with Gasteiger partial charge in [-0.1, -0.05) is 24.3 Å². The number of ether oxygens (including phenoxy) is 2. The van der Waals surface area contributed by atoms with Crippen LogP contribution < -0.4 is 25.0 Å². The van der Waals surface area contributed by atoms with Gasteiger partial charge in [0.2, 0.25) is 5.91 Å². The first-order chi connectivity index (χ1) is 21.2. The molecular weight excluding hydrogens is 572 g/mol. The summed E-state index contributed by atoms with van der Waals surface area (Å²) in [5.74, 6) is -0.833. The Balaban J connectivity index is 1.22. The quantitative estimate of drug-likeness (QED) is 0.381. The van der Waals surface area contributed by atoms with Gasteiger partial charge in [-0.15, -0.1) is 0 Å². The number of nitrogens with one attached hydrogen (secondary N) is 2. The van der Waals surface area contributed by atoms with Crippen molar-refractivity contribution in [2.24, 2.45) is 0 Å². The van der Waals surface area contributed by atoms with Gasteiger partial charge in [0.25, 0.3) is 5.91 Å². The van der Waals surface area contributed by atoms with Crippen LogP contribution in [0.3, 0.4) is 0 Å². The molecule has 0 unspecified atom stereocenters. The van der Waals surface area contributed by atoms with Crippen molar-refractivity contribution < 1.29 is 32.6 Å². The van der Waals surface area contributed by atoms with Crippen molar-refractivity contribution in [3.8, 4) is 11.5 Å². The molecule has 3 aromatic rings. The molecule has 0 aromatic heterocycles. The van der Waals surface area contributed by atoms with Gasteiger partial charge >= 0.3 is 6.03 Å². The first kappa shape index (κ1) is 30.6. The third-order valence-corrected chi connectivity index (χ3v) is 8.15. The minimum absolute atomic E-state index is 0.107. The summed E-state index contributed by atoms with van der Waals surface area (Å²) in [5.41, 5.74) is 0.734. The molecule has 2 aliphatic rings. The molecule has 44 heavy (non-hydrogen) atoms. The molecule has 0 atom stereocenters. The van der Waals surface area contributed by atoms with Crippen LogP contribution in [0.4, 0.5) is 25.0 Å². The van der Waals surface area contributed by atoms with Crippen molar-refractivity contribution >= 4 is 29.2 Å². The first-order valence-electron chi connectivity index (χ1n) is 14.3. The number of benzene rings is 3. The highest BCUT2D eigenvalue weighted by atomic mass is 19.1. The Morgan fingerprint density at radius 1 is 0.932 bits per heavy atom. The fourth-order valence-electron chi connectivity index (χ4n) is 5.80. The van der Waals surface area contributed by atoms with E-state index in [1.54, 1.807) is 19.1 Å². The third-order valence-electron chi connectivity index (χ3n) is 8.15. The van der Waals surface area contributed by atoms with Crippen molar-refractivity contribution in [3.63, 3.8) is 0 Å². The molecule has 2 saturated heterocycles. The maximum absolute atomic E-state index is 14.1. The Hall–Kier alpha value is -4.87. The summed E-state index contributed by atoms with van der Waals surface area (Å²) in [6.07, 6.45) is 1.20. The highest BCUT2D eigenvalue weighted by Gasteiger charge is 2.54. The molecule has 12 heteroatoms. The molecule has 0 radical (unpaired) electrons. The van der Waals surface area contributed by atoms with Gasteiger partial charge < -0.3 is 34.8 Å². The zero-order chi connectivity index (χ0) is 31.3. The smallest absolute Gasteiger partial charge is 0.321 e. The maximum atomic E-state index is 14.1. The van der Waals surface area contributed by atoms with Crippen molar-refractivity contribution in [2.75, 3.05) is 57.3 Å². The molecule has 2 N–H and O–H groups in total. The van der Waals surface area contributed by atoms with Gasteiger partial charge in [0, 0.05) is 31.4 Å². The van der Waals surface area contributed by atoms with Crippen molar-refractivity contribution in [3.05, 3.63) is 83.9 Å². The SMILES string of the molecule is COc1ccc(CCNC(=O)CN2CN(c3ccccc3)C3(CCN(C(=O)Nc4ccc(F)cc4F)CC3)C2=O)cc1OC. The molecule has 3 aromatic carbocycles. The minimum Gasteiger partial charge on any atom is -0.493 e. The Bertz CT molecular complexity index is 1510. The van der Waals surface area contributed by atoms with Gasteiger partial charge in [0.15, 0.2) is 11.5 Å². The number of para-hydroxylation sites is 1. The number of nitrogens with zero attached hydrogens (tertiary/aromatic N) is 3. The number of methoxy groups -OCH3 is 2. The van der Waals surface area contributed by atoms with E-state index >= 15 is 0 Å². The highest BCUT2D eigenvalue weighted by molar-refractivity contribution is 5.97. The van der Waals surface area contributed by atoms with Crippen molar-refractivity contribution in [1.82, 2.24) is 15.1 Å². The lowest BCUT2D eigenvalue weighted by Crippen LogP contribution is -2.58. The number of urea groups is 1. The lowest BCUT2D eigenvalue weighted by molar-refractivity contribution is -0.137. The third kappa shape index (κ3) is 6.38. The minimum atomic E-state index is -0.945. The molecule has 4 amide bonds. The normalized spacial score (nSPS) is 15.8. The second kappa shape index (κ2) is 13.2. The zero-order valence-electron chi connectivity index (χ0n) is 24.6. The highest BCUT2D eigenvalue weighted by Crippen LogP contribution is 2.39. The molecule has 232 valence electrons. The number of rotatable bonds is 9. The largest absolute Gasteiger partial charge is 0.493 e. The van der Waals surface area contributed by atoms with Crippen LogP contribution in [0.25, 0.3) is 0 Å². The summed E-state index contributed by atoms with van der Waals surface area (Å²) in [5, 5.41) is 5.39. The average Bonchev–Trinajstić information content (AvgIpc) is 3.29. The molecular formula is C32H35F2N5O5. The summed E-state index contributed by atoms with van der Waals surface area (Å²) >= 11 is 0. The zero-order valence-corrected chi connectivity index (χ0v) is 24.6. The van der Waals surface area contributed by atoms with Crippen LogP contribution in [0.15, 0.2) is 66.7 Å². The van der Waals surface area contributed by atoms with E-state index in [0.717, 1.165) is 17.3 Å². The van der Waals surface area contributed by atoms with E-state index < -0.39 is 23.2 Å². The molecule has 5 rings (SSSR count). The van der Waals surface area contributed by atoms with Crippen molar-refractivity contribution in [1.29, 1.82) is 0 Å². The predicted octanol–water partition coefficient (Wildman–Crippen LogP) is 4.01. The summed E-state index contributed by atoms with van der Waals surface area (Å²) in [6, 6.07) is 17.5. The van der Waals surface area contributed by atoms with E-state index in [4.69, 9.17) is 9.47 Å². The number of amides is 4. The van der Waals surface area contributed by atoms with Gasteiger partial charge in [-0.2, -0.15) is 0 Å². The summed E-state index contributed by atoms with van der Waals surface area (Å²) < 4.78 is 38.0. The van der Waals surface area contributed by atoms with Gasteiger partial charge in [-0.3, -0.25) is 9.59 Å². The second-order valence-corrected chi connectivity index (χ2v) is 10.8. The molecule has 1 spiro atoms. The number of carbonyl (C=O) groups is 3. The number of piperidine rings is 1. The number of hydrogen-bond acceptors (Lipinski definition) is 6. The maximum Gasteiger partial charge on any atom is 0.321 e. The van der Waals surface area contributed by atoms with Gasteiger partial charge in [-0.05, 0) is 61.2 Å². The number of anilines is 2. The van der Waals surface area contributed by atoms with E-state index in [0.29, 0.717) is 43.4 Å². The number of carbonyl (C=O) groups excluding carboxylic acids is 3. The van der Waals surface area contributed by atoms with E-state index in [2.05, 4.69) is 10.6 Å². The fraction of sp³-hybridized carbons (Fsp3) is 0.344. The lowest BCUT2D eigenvalue weighted by atomic mass is 9.85. The number of hydrogen-bond donors (Lipinski definition) is 2. The van der Waals surface area contributed by atoms with Crippen LogP contribution in [0.5, 0.6) is 11.5 Å². The molecule has 2 fully saturated rings. The predicted molar refractivity (Wildman–Crippen MR) is 161 cm³/mol. The van der Waals surface area contributed by atoms with E-state index in [1.807, 2.05) is 53.4 Å². The van der Waals surface area contributed by atoms with Crippen LogP contribution in [0.2, 0.25) is 0 Å². The van der Waals surface area contributed by atoms with Crippen LogP contribution in [-0.4, -0.2) is 80.3 Å². The molecule has 0 saturated carbocycles. The van der Waals surface area contributed by atoms with Crippen LogP contribution >= 0.6 is 0 Å². The van der Waals surface area contributed by atoms with Crippen molar-refractivity contribution in [2.45, 2.75) is 24.8 Å². The van der Waals surface area contributed by atoms with E-state index in [-0.39, 0.29) is 43.8 Å². The van der Waals surface area contributed by atoms with Gasteiger partial charge in [0.05, 0.1) is 26.6 Å². The van der Waals surface area contributed by atoms with Gasteiger partial charge in [0.1, 0.15) is 23.7 Å². The van der Waals surface area contributed by atoms with Crippen LogP contribution in [-0.2, 0) is 16.0 Å². The summed E-state index contributed by atoms with van der Waals surface area (Å²) in [4.78, 5) is 44.9. The number of likely N-dealkylation sites (tertiary alicyclic amines) is 1. The Kier molecular flexibility index (Phi) is 9.17. The number of halogens is 2. The fourth-order valence-corrected chi connectivity index (χ4v) is 5.80. The van der Waals surface area contributed by atoms with Crippen LogP contribution in [0.1, 0.15) is 18.4 Å². The molecule has 10 nitrogen and oxygen atoms in total. The van der Waals surface area contributed by atoms with Crippen LogP contribution in [0, 0.1) is 11.6 Å². The summed E-state index contributed by atoms with van der Waals surface area (Å²) in [6.45, 7) is 0.954. The average molecular weight is 608 g/mol.